The molecule has 0 atom stereocenters. The first-order valence-corrected chi connectivity index (χ1v) is 6.03. The topological polar surface area (TPSA) is 37.8 Å². The van der Waals surface area contributed by atoms with Gasteiger partial charge in [0.25, 0.3) is 0 Å². The number of alkyl halides is 3. The normalized spacial score (nSPS) is 11.5. The Kier molecular flexibility index (Phi) is 3.65. The van der Waals surface area contributed by atoms with E-state index in [4.69, 9.17) is 0 Å². The second-order valence-electron chi connectivity index (χ2n) is 4.46. The highest BCUT2D eigenvalue weighted by Crippen LogP contribution is 2.32. The lowest BCUT2D eigenvalue weighted by atomic mass is 10.0. The molecule has 1 aromatic carbocycles. The zero-order valence-electron chi connectivity index (χ0n) is 11.3. The van der Waals surface area contributed by atoms with Gasteiger partial charge in [-0.3, -0.25) is 0 Å². The third-order valence-electron chi connectivity index (χ3n) is 3.12. The first-order valence-electron chi connectivity index (χ1n) is 6.03. The van der Waals surface area contributed by atoms with Crippen LogP contribution >= 0.6 is 0 Å². The van der Waals surface area contributed by atoms with Gasteiger partial charge in [-0.05, 0) is 31.0 Å². The van der Waals surface area contributed by atoms with Crippen LogP contribution in [-0.2, 0) is 6.18 Å². The van der Waals surface area contributed by atoms with E-state index in [1.807, 2.05) is 19.9 Å². The molecule has 0 saturated heterocycles. The summed E-state index contributed by atoms with van der Waals surface area (Å²) >= 11 is 0. The van der Waals surface area contributed by atoms with Crippen LogP contribution in [0.25, 0.3) is 11.3 Å². The summed E-state index contributed by atoms with van der Waals surface area (Å²) in [5.74, 6) is -0.0456. The molecule has 1 N–H and O–H groups in total. The Hall–Kier alpha value is -2.11. The fourth-order valence-corrected chi connectivity index (χ4v) is 1.87. The van der Waals surface area contributed by atoms with Crippen molar-refractivity contribution in [2.45, 2.75) is 20.0 Å². The summed E-state index contributed by atoms with van der Waals surface area (Å²) in [5.41, 5.74) is 1.89. The molecule has 20 heavy (non-hydrogen) atoms. The Morgan fingerprint density at radius 2 is 1.80 bits per heavy atom. The van der Waals surface area contributed by atoms with Crippen LogP contribution in [0.5, 0.6) is 0 Å². The molecule has 0 amide bonds. The molecule has 1 aromatic heterocycles. The molecule has 0 spiro atoms. The standard InChI is InChI=1S/C14H14F3N3/c1-8-5-4-6-10(9(8)2)11-7-12(14(15,16)17)20-13(18-3)19-11/h4-7H,1-3H3,(H,18,19,20). The van der Waals surface area contributed by atoms with Crippen molar-refractivity contribution in [2.24, 2.45) is 0 Å². The second-order valence-corrected chi connectivity index (χ2v) is 4.46. The van der Waals surface area contributed by atoms with Gasteiger partial charge in [-0.2, -0.15) is 13.2 Å². The molecule has 0 saturated carbocycles. The SMILES string of the molecule is CNc1nc(-c2cccc(C)c2C)cc(C(F)(F)F)n1. The van der Waals surface area contributed by atoms with Crippen LogP contribution < -0.4 is 5.32 Å². The molecule has 0 aliphatic carbocycles. The van der Waals surface area contributed by atoms with Crippen molar-refractivity contribution in [1.29, 1.82) is 0 Å². The van der Waals surface area contributed by atoms with E-state index in [9.17, 15) is 13.2 Å². The summed E-state index contributed by atoms with van der Waals surface area (Å²) in [6.45, 7) is 3.77. The van der Waals surface area contributed by atoms with Gasteiger partial charge in [0.1, 0.15) is 0 Å². The zero-order valence-corrected chi connectivity index (χ0v) is 11.3. The van der Waals surface area contributed by atoms with Gasteiger partial charge in [0.05, 0.1) is 5.69 Å². The van der Waals surface area contributed by atoms with Crippen molar-refractivity contribution in [2.75, 3.05) is 12.4 Å². The Morgan fingerprint density at radius 3 is 2.40 bits per heavy atom. The Morgan fingerprint density at radius 1 is 1.10 bits per heavy atom. The van der Waals surface area contributed by atoms with Gasteiger partial charge < -0.3 is 5.32 Å². The number of hydrogen-bond donors (Lipinski definition) is 1. The van der Waals surface area contributed by atoms with Gasteiger partial charge in [-0.25, -0.2) is 9.97 Å². The molecule has 0 aliphatic heterocycles. The number of rotatable bonds is 2. The quantitative estimate of drug-likeness (QED) is 0.909. The number of halogens is 3. The smallest absolute Gasteiger partial charge is 0.357 e. The highest BCUT2D eigenvalue weighted by molar-refractivity contribution is 5.66. The maximum atomic E-state index is 12.9. The van der Waals surface area contributed by atoms with Gasteiger partial charge in [-0.15, -0.1) is 0 Å². The van der Waals surface area contributed by atoms with Crippen molar-refractivity contribution in [3.63, 3.8) is 0 Å². The van der Waals surface area contributed by atoms with Gasteiger partial charge in [0.15, 0.2) is 5.69 Å². The molecule has 0 radical (unpaired) electrons. The fourth-order valence-electron chi connectivity index (χ4n) is 1.87. The largest absolute Gasteiger partial charge is 0.433 e. The van der Waals surface area contributed by atoms with E-state index in [0.29, 0.717) is 5.56 Å². The monoisotopic (exact) mass is 281 g/mol. The number of anilines is 1. The molecule has 0 bridgehead atoms. The number of aromatic nitrogens is 2. The second kappa shape index (κ2) is 5.11. The van der Waals surface area contributed by atoms with E-state index in [-0.39, 0.29) is 11.6 Å². The molecular weight excluding hydrogens is 267 g/mol. The van der Waals surface area contributed by atoms with E-state index in [1.165, 1.54) is 7.05 Å². The van der Waals surface area contributed by atoms with E-state index in [0.717, 1.165) is 17.2 Å². The van der Waals surface area contributed by atoms with Crippen molar-refractivity contribution in [1.82, 2.24) is 9.97 Å². The van der Waals surface area contributed by atoms with Crippen LogP contribution in [-0.4, -0.2) is 17.0 Å². The molecule has 1 heterocycles. The Bertz CT molecular complexity index is 636. The van der Waals surface area contributed by atoms with Crippen LogP contribution in [0.3, 0.4) is 0 Å². The lowest BCUT2D eigenvalue weighted by Gasteiger charge is -2.12. The summed E-state index contributed by atoms with van der Waals surface area (Å²) in [6, 6.07) is 6.43. The average molecular weight is 281 g/mol. The van der Waals surface area contributed by atoms with Gasteiger partial charge >= 0.3 is 6.18 Å². The number of nitrogens with one attached hydrogen (secondary N) is 1. The number of benzene rings is 1. The molecule has 2 rings (SSSR count). The van der Waals surface area contributed by atoms with E-state index < -0.39 is 11.9 Å². The van der Waals surface area contributed by atoms with Crippen molar-refractivity contribution in [3.05, 3.63) is 41.1 Å². The number of hydrogen-bond acceptors (Lipinski definition) is 3. The molecule has 0 aliphatic rings. The van der Waals surface area contributed by atoms with Crippen molar-refractivity contribution >= 4 is 5.95 Å². The summed E-state index contributed by atoms with van der Waals surface area (Å²) < 4.78 is 38.6. The molecule has 106 valence electrons. The maximum absolute atomic E-state index is 12.9. The molecule has 0 fully saturated rings. The minimum Gasteiger partial charge on any atom is -0.357 e. The van der Waals surface area contributed by atoms with Crippen LogP contribution in [0.2, 0.25) is 0 Å². The third kappa shape index (κ3) is 2.74. The van der Waals surface area contributed by atoms with Gasteiger partial charge in [-0.1, -0.05) is 18.2 Å². The minimum absolute atomic E-state index is 0.0456. The van der Waals surface area contributed by atoms with Crippen LogP contribution in [0.1, 0.15) is 16.8 Å². The predicted octanol–water partition coefficient (Wildman–Crippen LogP) is 3.82. The summed E-state index contributed by atoms with van der Waals surface area (Å²) in [5, 5.41) is 2.56. The van der Waals surface area contributed by atoms with E-state index >= 15 is 0 Å². The Balaban J connectivity index is 2.65. The van der Waals surface area contributed by atoms with E-state index in [2.05, 4.69) is 15.3 Å². The Labute approximate surface area is 114 Å². The third-order valence-corrected chi connectivity index (χ3v) is 3.12. The number of aryl methyl sites for hydroxylation is 1. The minimum atomic E-state index is -4.50. The summed E-state index contributed by atoms with van der Waals surface area (Å²) in [6.07, 6.45) is -4.50. The lowest BCUT2D eigenvalue weighted by Crippen LogP contribution is -2.11. The first-order chi connectivity index (χ1) is 9.32. The lowest BCUT2D eigenvalue weighted by molar-refractivity contribution is -0.141. The summed E-state index contributed by atoms with van der Waals surface area (Å²) in [4.78, 5) is 7.57. The van der Waals surface area contributed by atoms with Crippen LogP contribution in [0.15, 0.2) is 24.3 Å². The highest BCUT2D eigenvalue weighted by Gasteiger charge is 2.33. The van der Waals surface area contributed by atoms with Crippen molar-refractivity contribution in [3.8, 4) is 11.3 Å². The molecular formula is C14H14F3N3. The number of nitrogens with zero attached hydrogens (tertiary/aromatic N) is 2. The zero-order chi connectivity index (χ0) is 14.9. The molecule has 0 unspecified atom stereocenters. The molecule has 6 heteroatoms. The molecule has 2 aromatic rings. The maximum Gasteiger partial charge on any atom is 0.433 e. The average Bonchev–Trinajstić information content (AvgIpc) is 2.40. The molecule has 3 nitrogen and oxygen atoms in total. The van der Waals surface area contributed by atoms with Gasteiger partial charge in [0, 0.05) is 12.6 Å². The van der Waals surface area contributed by atoms with Gasteiger partial charge in [0.2, 0.25) is 5.95 Å². The van der Waals surface area contributed by atoms with Crippen LogP contribution in [0, 0.1) is 13.8 Å². The van der Waals surface area contributed by atoms with Crippen LogP contribution in [0.4, 0.5) is 19.1 Å². The highest BCUT2D eigenvalue weighted by atomic mass is 19.4. The summed E-state index contributed by atoms with van der Waals surface area (Å²) in [7, 11) is 1.49. The van der Waals surface area contributed by atoms with Crippen molar-refractivity contribution < 1.29 is 13.2 Å². The first kappa shape index (κ1) is 14.3. The predicted molar refractivity (Wildman–Crippen MR) is 71.5 cm³/mol. The fraction of sp³-hybridized carbons (Fsp3) is 0.286. The van der Waals surface area contributed by atoms with E-state index in [1.54, 1.807) is 12.1 Å².